The van der Waals surface area contributed by atoms with E-state index in [1.54, 1.807) is 25.3 Å². The van der Waals surface area contributed by atoms with Gasteiger partial charge in [0.15, 0.2) is 11.5 Å². The Bertz CT molecular complexity index is 815. The number of carbonyl (C=O) groups excluding carboxylic acids is 1. The maximum atomic E-state index is 12.2. The molecule has 0 fully saturated rings. The Morgan fingerprint density at radius 3 is 2.70 bits per heavy atom. The maximum Gasteiger partial charge on any atom is 0.248 e. The molecule has 0 heterocycles. The van der Waals surface area contributed by atoms with Crippen molar-refractivity contribution in [2.75, 3.05) is 19.0 Å². The molecule has 144 valence electrons. The minimum atomic E-state index is -0.225. The molecule has 0 aliphatic rings. The van der Waals surface area contributed by atoms with Crippen LogP contribution >= 0.6 is 11.6 Å². The van der Waals surface area contributed by atoms with Crippen LogP contribution in [0.2, 0.25) is 5.02 Å². The molecule has 0 saturated carbocycles. The monoisotopic (exact) mass is 387 g/mol. The van der Waals surface area contributed by atoms with Gasteiger partial charge in [-0.25, -0.2) is 0 Å². The zero-order valence-corrected chi connectivity index (χ0v) is 17.0. The molecule has 27 heavy (non-hydrogen) atoms. The van der Waals surface area contributed by atoms with Gasteiger partial charge in [0.2, 0.25) is 5.91 Å². The number of anilines is 1. The van der Waals surface area contributed by atoms with Crippen LogP contribution < -0.4 is 14.8 Å². The lowest BCUT2D eigenvalue weighted by atomic mass is 10.1. The largest absolute Gasteiger partial charge is 0.493 e. The summed E-state index contributed by atoms with van der Waals surface area (Å²) in [5.41, 5.74) is 2.38. The Morgan fingerprint density at radius 1 is 1.22 bits per heavy atom. The number of rotatable bonds is 8. The third-order valence-corrected chi connectivity index (χ3v) is 4.50. The minimum absolute atomic E-state index is 0.225. The lowest BCUT2D eigenvalue weighted by Gasteiger charge is -2.12. The first kappa shape index (κ1) is 20.8. The Labute approximate surface area is 166 Å². The predicted octanol–water partition coefficient (Wildman–Crippen LogP) is 5.73. The van der Waals surface area contributed by atoms with Crippen molar-refractivity contribution in [1.82, 2.24) is 0 Å². The number of amides is 1. The predicted molar refractivity (Wildman–Crippen MR) is 112 cm³/mol. The molecule has 0 aliphatic heterocycles. The van der Waals surface area contributed by atoms with Crippen LogP contribution in [0.5, 0.6) is 11.5 Å². The molecule has 0 saturated heterocycles. The quantitative estimate of drug-likeness (QED) is 0.588. The van der Waals surface area contributed by atoms with E-state index in [0.29, 0.717) is 34.7 Å². The van der Waals surface area contributed by atoms with E-state index in [2.05, 4.69) is 19.2 Å². The second-order valence-corrected chi connectivity index (χ2v) is 7.08. The number of nitrogens with one attached hydrogen (secondary N) is 1. The van der Waals surface area contributed by atoms with Gasteiger partial charge in [0.25, 0.3) is 0 Å². The van der Waals surface area contributed by atoms with E-state index >= 15 is 0 Å². The molecule has 4 nitrogen and oxygen atoms in total. The summed E-state index contributed by atoms with van der Waals surface area (Å²) >= 11 is 6.08. The average Bonchev–Trinajstić information content (AvgIpc) is 2.64. The first-order valence-electron chi connectivity index (χ1n) is 8.95. The Hall–Kier alpha value is -2.46. The van der Waals surface area contributed by atoms with Crippen LogP contribution in [-0.4, -0.2) is 19.6 Å². The standard InChI is InChI=1S/C22H26ClNO3/c1-15(2)12-13-27-20-10-8-17(14-21(20)26-4)9-11-22(25)24-19-7-5-6-18(23)16(19)3/h5-11,14-15H,12-13H2,1-4H3,(H,24,25)/b11-9+. The van der Waals surface area contributed by atoms with Crippen molar-refractivity contribution < 1.29 is 14.3 Å². The molecule has 0 aromatic heterocycles. The number of carbonyl (C=O) groups is 1. The smallest absolute Gasteiger partial charge is 0.248 e. The fraction of sp³-hybridized carbons (Fsp3) is 0.318. The molecule has 2 aromatic carbocycles. The molecule has 0 bridgehead atoms. The highest BCUT2D eigenvalue weighted by Gasteiger charge is 2.07. The molecule has 0 atom stereocenters. The molecular weight excluding hydrogens is 362 g/mol. The number of hydrogen-bond acceptors (Lipinski definition) is 3. The molecule has 1 N–H and O–H groups in total. The lowest BCUT2D eigenvalue weighted by molar-refractivity contribution is -0.111. The summed E-state index contributed by atoms with van der Waals surface area (Å²) in [5.74, 6) is 1.71. The fourth-order valence-electron chi connectivity index (χ4n) is 2.40. The van der Waals surface area contributed by atoms with E-state index in [4.69, 9.17) is 21.1 Å². The van der Waals surface area contributed by atoms with Gasteiger partial charge >= 0.3 is 0 Å². The van der Waals surface area contributed by atoms with E-state index in [-0.39, 0.29) is 5.91 Å². The zero-order chi connectivity index (χ0) is 19.8. The van der Waals surface area contributed by atoms with Crippen LogP contribution in [0.4, 0.5) is 5.69 Å². The number of methoxy groups -OCH3 is 1. The first-order valence-corrected chi connectivity index (χ1v) is 9.33. The first-order chi connectivity index (χ1) is 12.9. The third-order valence-electron chi connectivity index (χ3n) is 4.09. The van der Waals surface area contributed by atoms with E-state index in [1.165, 1.54) is 6.08 Å². The summed E-state index contributed by atoms with van der Waals surface area (Å²) in [5, 5.41) is 3.45. The Morgan fingerprint density at radius 2 is 2.00 bits per heavy atom. The lowest BCUT2D eigenvalue weighted by Crippen LogP contribution is -2.09. The van der Waals surface area contributed by atoms with Crippen LogP contribution in [0, 0.1) is 12.8 Å². The molecule has 2 aromatic rings. The summed E-state index contributed by atoms with van der Waals surface area (Å²) in [6.07, 6.45) is 4.19. The molecule has 5 heteroatoms. The van der Waals surface area contributed by atoms with E-state index < -0.39 is 0 Å². The van der Waals surface area contributed by atoms with E-state index in [0.717, 1.165) is 17.5 Å². The highest BCUT2D eigenvalue weighted by Crippen LogP contribution is 2.29. The van der Waals surface area contributed by atoms with Gasteiger partial charge in [0, 0.05) is 16.8 Å². The summed E-state index contributed by atoms with van der Waals surface area (Å²) in [4.78, 5) is 12.2. The van der Waals surface area contributed by atoms with Crippen LogP contribution in [0.3, 0.4) is 0 Å². The number of hydrogen-bond donors (Lipinski definition) is 1. The van der Waals surface area contributed by atoms with Crippen molar-refractivity contribution in [3.8, 4) is 11.5 Å². The third kappa shape index (κ3) is 6.33. The van der Waals surface area contributed by atoms with Crippen LogP contribution in [0.25, 0.3) is 6.08 Å². The minimum Gasteiger partial charge on any atom is -0.493 e. The topological polar surface area (TPSA) is 47.6 Å². The van der Waals surface area contributed by atoms with Crippen molar-refractivity contribution in [1.29, 1.82) is 0 Å². The van der Waals surface area contributed by atoms with Crippen molar-refractivity contribution >= 4 is 29.3 Å². The van der Waals surface area contributed by atoms with Gasteiger partial charge < -0.3 is 14.8 Å². The second kappa shape index (κ2) is 10.0. The summed E-state index contributed by atoms with van der Waals surface area (Å²) in [6.45, 7) is 6.82. The zero-order valence-electron chi connectivity index (χ0n) is 16.2. The van der Waals surface area contributed by atoms with E-state index in [1.807, 2.05) is 31.2 Å². The van der Waals surface area contributed by atoms with Crippen LogP contribution in [0.15, 0.2) is 42.5 Å². The molecular formula is C22H26ClNO3. The summed E-state index contributed by atoms with van der Waals surface area (Å²) < 4.78 is 11.2. The van der Waals surface area contributed by atoms with E-state index in [9.17, 15) is 4.79 Å². The Balaban J connectivity index is 2.03. The molecule has 0 radical (unpaired) electrons. The average molecular weight is 388 g/mol. The van der Waals surface area contributed by atoms with Gasteiger partial charge in [0.1, 0.15) is 0 Å². The van der Waals surface area contributed by atoms with Crippen LogP contribution in [0.1, 0.15) is 31.4 Å². The highest BCUT2D eigenvalue weighted by atomic mass is 35.5. The van der Waals surface area contributed by atoms with Gasteiger partial charge in [-0.2, -0.15) is 0 Å². The van der Waals surface area contributed by atoms with Gasteiger partial charge in [-0.3, -0.25) is 4.79 Å². The van der Waals surface area contributed by atoms with Crippen molar-refractivity contribution in [2.45, 2.75) is 27.2 Å². The van der Waals surface area contributed by atoms with Crippen molar-refractivity contribution in [3.05, 3.63) is 58.6 Å². The maximum absolute atomic E-state index is 12.2. The van der Waals surface area contributed by atoms with Gasteiger partial charge in [-0.15, -0.1) is 0 Å². The normalized spacial score (nSPS) is 11.0. The second-order valence-electron chi connectivity index (χ2n) is 6.68. The van der Waals surface area contributed by atoms with Gasteiger partial charge in [0.05, 0.1) is 13.7 Å². The van der Waals surface area contributed by atoms with Crippen molar-refractivity contribution in [3.63, 3.8) is 0 Å². The number of benzene rings is 2. The number of ether oxygens (including phenoxy) is 2. The molecule has 1 amide bonds. The molecule has 2 rings (SSSR count). The summed E-state index contributed by atoms with van der Waals surface area (Å²) in [6, 6.07) is 11.0. The van der Waals surface area contributed by atoms with Crippen LogP contribution in [-0.2, 0) is 4.79 Å². The molecule has 0 spiro atoms. The van der Waals surface area contributed by atoms with Crippen molar-refractivity contribution in [2.24, 2.45) is 5.92 Å². The fourth-order valence-corrected chi connectivity index (χ4v) is 2.58. The molecule has 0 unspecified atom stereocenters. The molecule has 0 aliphatic carbocycles. The summed E-state index contributed by atoms with van der Waals surface area (Å²) in [7, 11) is 1.60. The Kier molecular flexibility index (Phi) is 7.74. The highest BCUT2D eigenvalue weighted by molar-refractivity contribution is 6.31. The van der Waals surface area contributed by atoms with Gasteiger partial charge in [-0.05, 0) is 60.7 Å². The SMILES string of the molecule is COc1cc(/C=C/C(=O)Nc2cccc(Cl)c2C)ccc1OCCC(C)C. The van der Waals surface area contributed by atoms with Gasteiger partial charge in [-0.1, -0.05) is 37.6 Å². The number of halogens is 1.